The predicted molar refractivity (Wildman–Crippen MR) is 84.4 cm³/mol. The Morgan fingerprint density at radius 2 is 2.04 bits per heavy atom. The van der Waals surface area contributed by atoms with Crippen LogP contribution in [0.15, 0.2) is 18.2 Å². The number of methoxy groups -OCH3 is 2. The van der Waals surface area contributed by atoms with Crippen LogP contribution in [0.1, 0.15) is 16.8 Å². The van der Waals surface area contributed by atoms with Gasteiger partial charge in [-0.2, -0.15) is 0 Å². The van der Waals surface area contributed by atoms with Gasteiger partial charge in [-0.05, 0) is 24.6 Å². The highest BCUT2D eigenvalue weighted by molar-refractivity contribution is 5.95. The van der Waals surface area contributed by atoms with Crippen LogP contribution in [0.3, 0.4) is 0 Å². The van der Waals surface area contributed by atoms with Gasteiger partial charge in [-0.15, -0.1) is 0 Å². The van der Waals surface area contributed by atoms with Crippen LogP contribution in [0.25, 0.3) is 0 Å². The fourth-order valence-corrected chi connectivity index (χ4v) is 3.61. The van der Waals surface area contributed by atoms with Crippen molar-refractivity contribution in [3.05, 3.63) is 23.8 Å². The Morgan fingerprint density at radius 1 is 1.29 bits per heavy atom. The second-order valence-electron chi connectivity index (χ2n) is 6.24. The van der Waals surface area contributed by atoms with Crippen molar-refractivity contribution in [3.8, 4) is 11.5 Å². The van der Waals surface area contributed by atoms with E-state index in [1.165, 1.54) is 14.2 Å². The zero-order valence-corrected chi connectivity index (χ0v) is 13.8. The number of hydrogen-bond donors (Lipinski definition) is 1. The number of hydrogen-bond acceptors (Lipinski definition) is 5. The van der Waals surface area contributed by atoms with E-state index in [4.69, 9.17) is 14.2 Å². The summed E-state index contributed by atoms with van der Waals surface area (Å²) in [6.45, 7) is 1.40. The van der Waals surface area contributed by atoms with Gasteiger partial charge >= 0.3 is 5.97 Å². The van der Waals surface area contributed by atoms with Crippen molar-refractivity contribution >= 4 is 11.9 Å². The monoisotopic (exact) mass is 335 g/mol. The van der Waals surface area contributed by atoms with Crippen LogP contribution in [0.5, 0.6) is 11.5 Å². The molecule has 0 spiro atoms. The highest BCUT2D eigenvalue weighted by Gasteiger charge is 2.54. The summed E-state index contributed by atoms with van der Waals surface area (Å²) >= 11 is 0. The minimum atomic E-state index is -0.898. The van der Waals surface area contributed by atoms with Crippen molar-refractivity contribution in [1.82, 2.24) is 4.90 Å². The molecule has 2 saturated heterocycles. The Kier molecular flexibility index (Phi) is 4.36. The first-order chi connectivity index (χ1) is 11.5. The van der Waals surface area contributed by atoms with Crippen molar-refractivity contribution in [2.45, 2.75) is 6.42 Å². The molecule has 0 saturated carbocycles. The third-order valence-corrected chi connectivity index (χ3v) is 5.05. The number of benzene rings is 1. The third kappa shape index (κ3) is 2.58. The lowest BCUT2D eigenvalue weighted by Crippen LogP contribution is -2.45. The Morgan fingerprint density at radius 3 is 2.67 bits per heavy atom. The summed E-state index contributed by atoms with van der Waals surface area (Å²) in [5.74, 6) is -0.215. The molecule has 130 valence electrons. The zero-order valence-electron chi connectivity index (χ0n) is 13.8. The smallest absolute Gasteiger partial charge is 0.311 e. The molecule has 24 heavy (non-hydrogen) atoms. The molecule has 2 aliphatic rings. The van der Waals surface area contributed by atoms with Crippen molar-refractivity contribution in [1.29, 1.82) is 0 Å². The molecule has 1 amide bonds. The molecule has 0 aliphatic carbocycles. The molecule has 2 atom stereocenters. The van der Waals surface area contributed by atoms with Gasteiger partial charge in [0.2, 0.25) is 0 Å². The number of carboxylic acids is 1. The summed E-state index contributed by atoms with van der Waals surface area (Å²) in [7, 11) is 3.04. The number of amides is 1. The molecular weight excluding hydrogens is 314 g/mol. The van der Waals surface area contributed by atoms with Crippen LogP contribution in [0.4, 0.5) is 0 Å². The van der Waals surface area contributed by atoms with Crippen molar-refractivity contribution in [2.24, 2.45) is 11.3 Å². The minimum Gasteiger partial charge on any atom is -0.493 e. The lowest BCUT2D eigenvalue weighted by atomic mass is 9.74. The molecule has 3 rings (SSSR count). The molecular formula is C17H21NO6. The van der Waals surface area contributed by atoms with Gasteiger partial charge in [-0.25, -0.2) is 0 Å². The molecule has 0 aromatic heterocycles. The first-order valence-corrected chi connectivity index (χ1v) is 7.84. The number of rotatable bonds is 4. The van der Waals surface area contributed by atoms with Crippen molar-refractivity contribution in [2.75, 3.05) is 40.5 Å². The van der Waals surface area contributed by atoms with Gasteiger partial charge in [0.05, 0.1) is 26.2 Å². The Balaban J connectivity index is 1.85. The normalized spacial score (nSPS) is 25.9. The molecule has 0 unspecified atom stereocenters. The maximum Gasteiger partial charge on any atom is 0.311 e. The quantitative estimate of drug-likeness (QED) is 0.892. The Hall–Kier alpha value is -2.28. The third-order valence-electron chi connectivity index (χ3n) is 5.05. The van der Waals surface area contributed by atoms with E-state index in [9.17, 15) is 14.7 Å². The number of ether oxygens (including phenoxy) is 3. The summed E-state index contributed by atoms with van der Waals surface area (Å²) in [6.07, 6.45) is 0.433. The summed E-state index contributed by atoms with van der Waals surface area (Å²) < 4.78 is 15.8. The second kappa shape index (κ2) is 6.32. The number of aliphatic carboxylic acids is 1. The number of carbonyl (C=O) groups excluding carboxylic acids is 1. The van der Waals surface area contributed by atoms with Gasteiger partial charge in [0.15, 0.2) is 11.5 Å². The van der Waals surface area contributed by atoms with Crippen molar-refractivity contribution < 1.29 is 28.9 Å². The van der Waals surface area contributed by atoms with E-state index in [0.29, 0.717) is 43.2 Å². The summed E-state index contributed by atoms with van der Waals surface area (Å²) in [6, 6.07) is 4.95. The predicted octanol–water partition coefficient (Wildman–Crippen LogP) is 1.27. The van der Waals surface area contributed by atoms with Crippen LogP contribution in [-0.4, -0.2) is 62.4 Å². The van der Waals surface area contributed by atoms with Gasteiger partial charge in [-0.3, -0.25) is 9.59 Å². The summed E-state index contributed by atoms with van der Waals surface area (Å²) in [5, 5.41) is 9.69. The Bertz CT molecular complexity index is 660. The molecule has 2 heterocycles. The molecule has 7 nitrogen and oxygen atoms in total. The van der Waals surface area contributed by atoms with Gasteiger partial charge in [0.1, 0.15) is 0 Å². The van der Waals surface area contributed by atoms with E-state index < -0.39 is 11.4 Å². The largest absolute Gasteiger partial charge is 0.493 e. The number of likely N-dealkylation sites (tertiary alicyclic amines) is 1. The van der Waals surface area contributed by atoms with Crippen molar-refractivity contribution in [3.63, 3.8) is 0 Å². The lowest BCUT2D eigenvalue weighted by Gasteiger charge is -2.33. The fourth-order valence-electron chi connectivity index (χ4n) is 3.61. The van der Waals surface area contributed by atoms with Crippen LogP contribution in [-0.2, 0) is 9.53 Å². The molecule has 0 bridgehead atoms. The topological polar surface area (TPSA) is 85.3 Å². The second-order valence-corrected chi connectivity index (χ2v) is 6.24. The van der Waals surface area contributed by atoms with E-state index in [2.05, 4.69) is 0 Å². The number of nitrogens with zero attached hydrogens (tertiary/aromatic N) is 1. The van der Waals surface area contributed by atoms with E-state index in [0.717, 1.165) is 0 Å². The van der Waals surface area contributed by atoms with Gasteiger partial charge < -0.3 is 24.2 Å². The molecule has 1 aromatic carbocycles. The van der Waals surface area contributed by atoms with E-state index in [-0.39, 0.29) is 18.4 Å². The first-order valence-electron chi connectivity index (χ1n) is 7.84. The number of carboxylic acid groups (broad SMARTS) is 1. The standard InChI is InChI=1S/C17H21NO6/c1-22-13-4-3-11(7-14(13)23-2)15(19)18-8-12-9-24-6-5-17(12,10-18)16(20)21/h3-4,7,12H,5-6,8-10H2,1-2H3,(H,20,21)/t12-,17+/m1/s1. The van der Waals surface area contributed by atoms with Crippen LogP contribution in [0.2, 0.25) is 0 Å². The lowest BCUT2D eigenvalue weighted by molar-refractivity contribution is -0.157. The molecule has 2 aliphatic heterocycles. The maximum absolute atomic E-state index is 12.8. The van der Waals surface area contributed by atoms with E-state index in [1.54, 1.807) is 23.1 Å². The summed E-state index contributed by atoms with van der Waals surface area (Å²) in [5.41, 5.74) is -0.447. The fraction of sp³-hybridized carbons (Fsp3) is 0.529. The van der Waals surface area contributed by atoms with Gasteiger partial charge in [0.25, 0.3) is 5.91 Å². The highest BCUT2D eigenvalue weighted by atomic mass is 16.5. The molecule has 1 aromatic rings. The van der Waals surface area contributed by atoms with Gasteiger partial charge in [0, 0.05) is 31.2 Å². The van der Waals surface area contributed by atoms with E-state index in [1.807, 2.05) is 0 Å². The Labute approximate surface area is 140 Å². The molecule has 0 radical (unpaired) electrons. The average Bonchev–Trinajstić information content (AvgIpc) is 3.01. The van der Waals surface area contributed by atoms with E-state index >= 15 is 0 Å². The van der Waals surface area contributed by atoms with Crippen LogP contribution >= 0.6 is 0 Å². The summed E-state index contributed by atoms with van der Waals surface area (Å²) in [4.78, 5) is 26.2. The number of fused-ring (bicyclic) bond motifs is 1. The highest BCUT2D eigenvalue weighted by Crippen LogP contribution is 2.43. The minimum absolute atomic E-state index is 0.173. The SMILES string of the molecule is COc1ccc(C(=O)N2C[C@@H]3COCC[C@]3(C(=O)O)C2)cc1OC. The van der Waals surface area contributed by atoms with Gasteiger partial charge in [-0.1, -0.05) is 0 Å². The molecule has 1 N–H and O–H groups in total. The van der Waals surface area contributed by atoms with Crippen LogP contribution in [0, 0.1) is 11.3 Å². The maximum atomic E-state index is 12.8. The van der Waals surface area contributed by atoms with Crippen LogP contribution < -0.4 is 9.47 Å². The first kappa shape index (κ1) is 16.6. The molecule has 2 fully saturated rings. The average molecular weight is 335 g/mol. The molecule has 7 heteroatoms. The zero-order chi connectivity index (χ0) is 17.3. The number of carbonyl (C=O) groups is 2.